The Balaban J connectivity index is 1.90. The molecule has 3 aromatic rings. The summed E-state index contributed by atoms with van der Waals surface area (Å²) in [6.45, 7) is 2.11. The summed E-state index contributed by atoms with van der Waals surface area (Å²) >= 11 is 0. The van der Waals surface area contributed by atoms with Crippen LogP contribution in [0.15, 0.2) is 45.9 Å². The number of nitrogens with zero attached hydrogens (tertiary/aromatic N) is 1. The molecule has 7 heteroatoms. The van der Waals surface area contributed by atoms with Crippen LogP contribution in [0.25, 0.3) is 11.0 Å². The van der Waals surface area contributed by atoms with E-state index in [0.29, 0.717) is 40.1 Å². The Kier molecular flexibility index (Phi) is 5.40. The molecular weight excluding hydrogens is 348 g/mol. The van der Waals surface area contributed by atoms with Gasteiger partial charge in [-0.2, -0.15) is 0 Å². The van der Waals surface area contributed by atoms with Gasteiger partial charge in [0.05, 0.1) is 31.6 Å². The fourth-order valence-corrected chi connectivity index (χ4v) is 2.89. The number of ether oxygens (including phenoxy) is 2. The normalized spacial score (nSPS) is 10.6. The average molecular weight is 368 g/mol. The predicted octanol–water partition coefficient (Wildman–Crippen LogP) is 2.37. The number of carbonyl (C=O) groups is 1. The fourth-order valence-electron chi connectivity index (χ4n) is 2.89. The summed E-state index contributed by atoms with van der Waals surface area (Å²) in [5.74, 6) is 0.757. The van der Waals surface area contributed by atoms with Gasteiger partial charge in [0.25, 0.3) is 0 Å². The van der Waals surface area contributed by atoms with Crippen LogP contribution in [0.4, 0.5) is 0 Å². The Morgan fingerprint density at radius 2 is 2.07 bits per heavy atom. The van der Waals surface area contributed by atoms with Crippen molar-refractivity contribution >= 4 is 16.9 Å². The van der Waals surface area contributed by atoms with Crippen LogP contribution in [0.3, 0.4) is 0 Å². The maximum Gasteiger partial charge on any atom is 0.340 e. The Hall–Kier alpha value is -3.35. The quantitative estimate of drug-likeness (QED) is 0.672. The summed E-state index contributed by atoms with van der Waals surface area (Å²) < 4.78 is 16.0. The van der Waals surface area contributed by atoms with E-state index in [9.17, 15) is 9.59 Å². The first kappa shape index (κ1) is 18.4. The van der Waals surface area contributed by atoms with Crippen molar-refractivity contribution in [3.05, 3.63) is 63.8 Å². The van der Waals surface area contributed by atoms with E-state index in [2.05, 4.69) is 10.3 Å². The minimum absolute atomic E-state index is 0.0838. The topological polar surface area (TPSA) is 90.7 Å². The van der Waals surface area contributed by atoms with Crippen LogP contribution in [0.5, 0.6) is 11.5 Å². The van der Waals surface area contributed by atoms with Gasteiger partial charge in [-0.15, -0.1) is 0 Å². The molecule has 0 saturated carbocycles. The number of rotatable bonds is 6. The second-order valence-electron chi connectivity index (χ2n) is 6.01. The van der Waals surface area contributed by atoms with Crippen molar-refractivity contribution in [3.8, 4) is 11.5 Å². The lowest BCUT2D eigenvalue weighted by Gasteiger charge is -2.12. The van der Waals surface area contributed by atoms with Crippen LogP contribution in [-0.4, -0.2) is 25.1 Å². The molecule has 0 radical (unpaired) electrons. The van der Waals surface area contributed by atoms with Crippen molar-refractivity contribution in [1.82, 2.24) is 10.3 Å². The van der Waals surface area contributed by atoms with Crippen LogP contribution in [0.1, 0.15) is 16.7 Å². The Morgan fingerprint density at radius 1 is 1.26 bits per heavy atom. The first-order chi connectivity index (χ1) is 13.0. The zero-order chi connectivity index (χ0) is 19.4. The maximum absolute atomic E-state index is 12.4. The molecule has 0 fully saturated rings. The summed E-state index contributed by atoms with van der Waals surface area (Å²) in [6.07, 6.45) is 3.26. The van der Waals surface area contributed by atoms with Crippen molar-refractivity contribution < 1.29 is 18.7 Å². The third-order valence-corrected chi connectivity index (χ3v) is 4.32. The highest BCUT2D eigenvalue weighted by Crippen LogP contribution is 2.33. The smallest absolute Gasteiger partial charge is 0.340 e. The molecule has 2 heterocycles. The lowest BCUT2D eigenvalue weighted by atomic mass is 10.0. The van der Waals surface area contributed by atoms with Crippen molar-refractivity contribution in [3.63, 3.8) is 0 Å². The van der Waals surface area contributed by atoms with Gasteiger partial charge in [-0.25, -0.2) is 4.79 Å². The van der Waals surface area contributed by atoms with Crippen molar-refractivity contribution in [1.29, 1.82) is 0 Å². The minimum Gasteiger partial charge on any atom is -0.496 e. The van der Waals surface area contributed by atoms with Crippen LogP contribution in [-0.2, 0) is 17.8 Å². The number of aromatic nitrogens is 1. The largest absolute Gasteiger partial charge is 0.496 e. The van der Waals surface area contributed by atoms with E-state index in [1.54, 1.807) is 37.5 Å². The Morgan fingerprint density at radius 3 is 2.74 bits per heavy atom. The molecule has 0 atom stereocenters. The number of amides is 1. The molecule has 0 unspecified atom stereocenters. The number of aryl methyl sites for hydroxylation is 1. The molecule has 0 bridgehead atoms. The summed E-state index contributed by atoms with van der Waals surface area (Å²) in [4.78, 5) is 28.7. The van der Waals surface area contributed by atoms with Gasteiger partial charge in [0.15, 0.2) is 0 Å². The summed E-state index contributed by atoms with van der Waals surface area (Å²) in [5, 5.41) is 3.43. The second-order valence-corrected chi connectivity index (χ2v) is 6.01. The number of fused-ring (bicyclic) bond motifs is 1. The number of methoxy groups -OCH3 is 2. The predicted molar refractivity (Wildman–Crippen MR) is 100 cm³/mol. The monoisotopic (exact) mass is 368 g/mol. The van der Waals surface area contributed by atoms with E-state index in [-0.39, 0.29) is 12.3 Å². The van der Waals surface area contributed by atoms with Crippen LogP contribution in [0, 0.1) is 6.92 Å². The molecule has 3 rings (SSSR count). The van der Waals surface area contributed by atoms with Gasteiger partial charge >= 0.3 is 5.63 Å². The van der Waals surface area contributed by atoms with Crippen molar-refractivity contribution in [2.75, 3.05) is 14.2 Å². The van der Waals surface area contributed by atoms with E-state index in [4.69, 9.17) is 13.9 Å². The highest BCUT2D eigenvalue weighted by atomic mass is 16.5. The zero-order valence-electron chi connectivity index (χ0n) is 15.4. The first-order valence-corrected chi connectivity index (χ1v) is 8.37. The molecule has 2 aromatic heterocycles. The van der Waals surface area contributed by atoms with Gasteiger partial charge < -0.3 is 19.2 Å². The van der Waals surface area contributed by atoms with Crippen molar-refractivity contribution in [2.45, 2.75) is 19.9 Å². The van der Waals surface area contributed by atoms with Gasteiger partial charge in [0.2, 0.25) is 5.91 Å². The van der Waals surface area contributed by atoms with Gasteiger partial charge in [0.1, 0.15) is 17.1 Å². The molecule has 1 N–H and O–H groups in total. The van der Waals surface area contributed by atoms with Gasteiger partial charge in [-0.05, 0) is 24.1 Å². The number of pyridine rings is 1. The summed E-state index contributed by atoms with van der Waals surface area (Å²) in [6, 6.07) is 6.99. The van der Waals surface area contributed by atoms with E-state index < -0.39 is 5.63 Å². The molecule has 140 valence electrons. The number of nitrogens with one attached hydrogen (secondary N) is 1. The van der Waals surface area contributed by atoms with Crippen LogP contribution >= 0.6 is 0 Å². The third-order valence-electron chi connectivity index (χ3n) is 4.32. The minimum atomic E-state index is -0.549. The maximum atomic E-state index is 12.4. The molecule has 1 amide bonds. The molecule has 7 nitrogen and oxygen atoms in total. The van der Waals surface area contributed by atoms with Gasteiger partial charge in [-0.3, -0.25) is 9.78 Å². The van der Waals surface area contributed by atoms with E-state index in [1.165, 1.54) is 14.2 Å². The zero-order valence-corrected chi connectivity index (χ0v) is 15.4. The standard InChI is InChI=1S/C20H20N2O5/c1-12-15(9-18(23)22-11-13-5-4-6-21-10-13)20(24)27-17-8-14(25-2)7-16(26-3)19(12)17/h4-8,10H,9,11H2,1-3H3,(H,22,23). The number of carbonyl (C=O) groups excluding carboxylic acids is 1. The molecule has 0 aliphatic heterocycles. The number of hydrogen-bond donors (Lipinski definition) is 1. The highest BCUT2D eigenvalue weighted by molar-refractivity contribution is 5.90. The Bertz CT molecular complexity index is 1030. The number of benzene rings is 1. The molecule has 1 aromatic carbocycles. The molecular formula is C20H20N2O5. The Labute approximate surface area is 155 Å². The average Bonchev–Trinajstić information content (AvgIpc) is 2.69. The molecule has 0 aliphatic carbocycles. The highest BCUT2D eigenvalue weighted by Gasteiger charge is 2.18. The molecule has 0 saturated heterocycles. The van der Waals surface area contributed by atoms with Gasteiger partial charge in [-0.1, -0.05) is 6.07 Å². The summed E-state index contributed by atoms with van der Waals surface area (Å²) in [7, 11) is 3.05. The molecule has 0 aliphatic rings. The third kappa shape index (κ3) is 3.92. The number of hydrogen-bond acceptors (Lipinski definition) is 6. The van der Waals surface area contributed by atoms with Gasteiger partial charge in [0, 0.05) is 31.1 Å². The summed E-state index contributed by atoms with van der Waals surface area (Å²) in [5.41, 5.74) is 1.63. The SMILES string of the molecule is COc1cc(OC)c2c(C)c(CC(=O)NCc3cccnc3)c(=O)oc2c1. The van der Waals surface area contributed by atoms with E-state index in [1.807, 2.05) is 6.07 Å². The first-order valence-electron chi connectivity index (χ1n) is 8.37. The van der Waals surface area contributed by atoms with E-state index in [0.717, 1.165) is 5.56 Å². The lowest BCUT2D eigenvalue weighted by Crippen LogP contribution is -2.27. The molecule has 27 heavy (non-hydrogen) atoms. The molecule has 0 spiro atoms. The second kappa shape index (κ2) is 7.90. The fraction of sp³-hybridized carbons (Fsp3) is 0.250. The van der Waals surface area contributed by atoms with Crippen molar-refractivity contribution in [2.24, 2.45) is 0 Å². The van der Waals surface area contributed by atoms with E-state index >= 15 is 0 Å². The van der Waals surface area contributed by atoms with Crippen LogP contribution < -0.4 is 20.4 Å². The van der Waals surface area contributed by atoms with Crippen LogP contribution in [0.2, 0.25) is 0 Å². The lowest BCUT2D eigenvalue weighted by molar-refractivity contribution is -0.120.